The number of carbonyl (C=O) groups is 1. The van der Waals surface area contributed by atoms with Crippen molar-refractivity contribution in [2.75, 3.05) is 18.4 Å². The molecule has 0 unspecified atom stereocenters. The second-order valence-electron chi connectivity index (χ2n) is 9.26. The number of fused-ring (bicyclic) bond motifs is 1. The topological polar surface area (TPSA) is 93.1 Å². The Balaban J connectivity index is 1.31. The molecule has 5 rings (SSSR count). The molecule has 1 N–H and O–H groups in total. The minimum absolute atomic E-state index is 0.0264. The average Bonchev–Trinajstić information content (AvgIpc) is 3.27. The van der Waals surface area contributed by atoms with Crippen LogP contribution in [0.2, 0.25) is 0 Å². The molecule has 1 saturated heterocycles. The van der Waals surface area contributed by atoms with Crippen LogP contribution >= 0.6 is 0 Å². The number of nitrogens with one attached hydrogen (secondary N) is 1. The standard InChI is InChI=1S/C25H25F3N6O2/c1-14(17-11-20(36-24(27)28)31-12-19(17)26)23(35)34-9-6-25(13-34)5-4-16-10-18(15(2)32-21(16)33-25)22-29-7-3-8-30-22/h3,7-8,10-12,14,24H,4-6,9,13H2,1-2H3,(H,32,33)/t14-,25-/m0/s1. The van der Waals surface area contributed by atoms with E-state index in [1.54, 1.807) is 30.3 Å². The van der Waals surface area contributed by atoms with Crippen molar-refractivity contribution in [1.29, 1.82) is 0 Å². The Hall–Kier alpha value is -3.76. The van der Waals surface area contributed by atoms with Crippen molar-refractivity contribution in [1.82, 2.24) is 24.8 Å². The molecule has 3 aromatic rings. The minimum atomic E-state index is -3.09. The van der Waals surface area contributed by atoms with Crippen molar-refractivity contribution in [3.05, 3.63) is 59.4 Å². The first kappa shape index (κ1) is 24.0. The van der Waals surface area contributed by atoms with Gasteiger partial charge in [0, 0.05) is 42.7 Å². The second-order valence-corrected chi connectivity index (χ2v) is 9.26. The first-order chi connectivity index (χ1) is 17.2. The van der Waals surface area contributed by atoms with E-state index in [0.29, 0.717) is 25.3 Å². The predicted molar refractivity (Wildman–Crippen MR) is 125 cm³/mol. The van der Waals surface area contributed by atoms with Crippen LogP contribution in [0.15, 0.2) is 36.8 Å². The maximum absolute atomic E-state index is 14.4. The van der Waals surface area contributed by atoms with Gasteiger partial charge in [0.05, 0.1) is 23.3 Å². The first-order valence-electron chi connectivity index (χ1n) is 11.7. The van der Waals surface area contributed by atoms with Crippen LogP contribution < -0.4 is 10.1 Å². The van der Waals surface area contributed by atoms with Gasteiger partial charge in [-0.05, 0) is 50.8 Å². The van der Waals surface area contributed by atoms with E-state index in [0.717, 1.165) is 47.7 Å². The Kier molecular flexibility index (Phi) is 6.23. The molecule has 0 saturated carbocycles. The second kappa shape index (κ2) is 9.36. The Labute approximate surface area is 206 Å². The molecule has 0 radical (unpaired) electrons. The zero-order valence-electron chi connectivity index (χ0n) is 19.8. The third-order valence-electron chi connectivity index (χ3n) is 6.93. The van der Waals surface area contributed by atoms with Gasteiger partial charge < -0.3 is 15.0 Å². The van der Waals surface area contributed by atoms with Crippen LogP contribution in [0.25, 0.3) is 11.4 Å². The summed E-state index contributed by atoms with van der Waals surface area (Å²) < 4.78 is 43.8. The molecule has 2 aliphatic rings. The summed E-state index contributed by atoms with van der Waals surface area (Å²) in [6.45, 7) is 1.31. The lowest BCUT2D eigenvalue weighted by molar-refractivity contribution is -0.131. The predicted octanol–water partition coefficient (Wildman–Crippen LogP) is 4.12. The van der Waals surface area contributed by atoms with Gasteiger partial charge in [-0.3, -0.25) is 4.79 Å². The molecule has 2 aliphatic heterocycles. The highest BCUT2D eigenvalue weighted by molar-refractivity contribution is 5.84. The quantitative estimate of drug-likeness (QED) is 0.566. The van der Waals surface area contributed by atoms with Crippen LogP contribution in [0.4, 0.5) is 19.0 Å². The summed E-state index contributed by atoms with van der Waals surface area (Å²) in [6.07, 6.45) is 6.49. The lowest BCUT2D eigenvalue weighted by Gasteiger charge is -2.36. The molecular formula is C25H25F3N6O2. The number of anilines is 1. The van der Waals surface area contributed by atoms with Crippen LogP contribution in [-0.4, -0.2) is 56.0 Å². The van der Waals surface area contributed by atoms with Gasteiger partial charge in [-0.2, -0.15) is 8.78 Å². The van der Waals surface area contributed by atoms with Crippen LogP contribution in [0.5, 0.6) is 5.88 Å². The third-order valence-corrected chi connectivity index (χ3v) is 6.93. The van der Waals surface area contributed by atoms with Gasteiger partial charge in [0.1, 0.15) is 11.6 Å². The highest BCUT2D eigenvalue weighted by atomic mass is 19.3. The van der Waals surface area contributed by atoms with Gasteiger partial charge in [-0.25, -0.2) is 24.3 Å². The van der Waals surface area contributed by atoms with Crippen molar-refractivity contribution >= 4 is 11.7 Å². The molecule has 11 heteroatoms. The highest BCUT2D eigenvalue weighted by Crippen LogP contribution is 2.38. The van der Waals surface area contributed by atoms with Gasteiger partial charge in [0.25, 0.3) is 0 Å². The van der Waals surface area contributed by atoms with E-state index in [9.17, 15) is 18.0 Å². The van der Waals surface area contributed by atoms with Crippen LogP contribution in [0.3, 0.4) is 0 Å². The number of alkyl halides is 2. The normalized spacial score (nSPS) is 19.8. The van der Waals surface area contributed by atoms with E-state index < -0.39 is 24.2 Å². The number of hydrogen-bond donors (Lipinski definition) is 1. The number of pyridine rings is 2. The van der Waals surface area contributed by atoms with Gasteiger partial charge >= 0.3 is 6.61 Å². The number of ether oxygens (including phenoxy) is 1. The van der Waals surface area contributed by atoms with E-state index in [1.807, 2.05) is 6.92 Å². The van der Waals surface area contributed by atoms with Gasteiger partial charge in [-0.15, -0.1) is 0 Å². The molecule has 5 heterocycles. The fraction of sp³-hybridized carbons (Fsp3) is 0.400. The van der Waals surface area contributed by atoms with Crippen LogP contribution in [-0.2, 0) is 11.2 Å². The lowest BCUT2D eigenvalue weighted by Crippen LogP contribution is -2.46. The molecule has 1 fully saturated rings. The van der Waals surface area contributed by atoms with Crippen molar-refractivity contribution in [2.24, 2.45) is 0 Å². The number of aryl methyl sites for hydroxylation is 2. The fourth-order valence-corrected chi connectivity index (χ4v) is 4.99. The fourth-order valence-electron chi connectivity index (χ4n) is 4.99. The average molecular weight is 499 g/mol. The summed E-state index contributed by atoms with van der Waals surface area (Å²) in [4.78, 5) is 31.9. The summed E-state index contributed by atoms with van der Waals surface area (Å²) >= 11 is 0. The number of hydrogen-bond acceptors (Lipinski definition) is 7. The molecule has 36 heavy (non-hydrogen) atoms. The molecule has 0 aromatic carbocycles. The van der Waals surface area contributed by atoms with Crippen molar-refractivity contribution < 1.29 is 22.7 Å². The summed E-state index contributed by atoms with van der Waals surface area (Å²) in [5, 5.41) is 3.56. The Morgan fingerprint density at radius 1 is 1.19 bits per heavy atom. The van der Waals surface area contributed by atoms with E-state index >= 15 is 0 Å². The van der Waals surface area contributed by atoms with E-state index in [1.165, 1.54) is 0 Å². The first-order valence-corrected chi connectivity index (χ1v) is 11.7. The van der Waals surface area contributed by atoms with Crippen molar-refractivity contribution in [2.45, 2.75) is 51.2 Å². The Morgan fingerprint density at radius 3 is 2.72 bits per heavy atom. The van der Waals surface area contributed by atoms with E-state index in [4.69, 9.17) is 4.98 Å². The maximum Gasteiger partial charge on any atom is 0.388 e. The molecular weight excluding hydrogens is 473 g/mol. The SMILES string of the molecule is Cc1nc2c(cc1-c1ncccn1)CC[C@@]1(CCN(C(=O)[C@@H](C)c3cc(OC(F)F)ncc3F)C1)N2. The summed E-state index contributed by atoms with van der Waals surface area (Å²) in [5.41, 5.74) is 2.39. The zero-order valence-corrected chi connectivity index (χ0v) is 19.8. The van der Waals surface area contributed by atoms with Crippen LogP contribution in [0, 0.1) is 12.7 Å². The van der Waals surface area contributed by atoms with E-state index in [2.05, 4.69) is 31.1 Å². The van der Waals surface area contributed by atoms with Crippen molar-refractivity contribution in [3.8, 4) is 17.3 Å². The Morgan fingerprint density at radius 2 is 1.97 bits per heavy atom. The summed E-state index contributed by atoms with van der Waals surface area (Å²) in [6, 6.07) is 4.90. The maximum atomic E-state index is 14.4. The van der Waals surface area contributed by atoms with Gasteiger partial charge in [-0.1, -0.05) is 0 Å². The summed E-state index contributed by atoms with van der Waals surface area (Å²) in [5.74, 6) is -0.918. The third kappa shape index (κ3) is 4.57. The smallest absolute Gasteiger partial charge is 0.388 e. The number of halogens is 3. The minimum Gasteiger partial charge on any atom is -0.417 e. The molecule has 1 spiro atoms. The highest BCUT2D eigenvalue weighted by Gasteiger charge is 2.43. The zero-order chi connectivity index (χ0) is 25.4. The molecule has 188 valence electrons. The molecule has 2 atom stereocenters. The molecule has 0 bridgehead atoms. The monoisotopic (exact) mass is 498 g/mol. The number of aromatic nitrogens is 4. The largest absolute Gasteiger partial charge is 0.417 e. The lowest BCUT2D eigenvalue weighted by atomic mass is 9.86. The Bertz CT molecular complexity index is 1290. The number of nitrogens with zero attached hydrogens (tertiary/aromatic N) is 5. The van der Waals surface area contributed by atoms with Crippen LogP contribution in [0.1, 0.15) is 42.5 Å². The number of rotatable bonds is 5. The van der Waals surface area contributed by atoms with Crippen molar-refractivity contribution in [3.63, 3.8) is 0 Å². The number of carbonyl (C=O) groups excluding carboxylic acids is 1. The molecule has 8 nitrogen and oxygen atoms in total. The number of amides is 1. The van der Waals surface area contributed by atoms with Gasteiger partial charge in [0.15, 0.2) is 5.82 Å². The summed E-state index contributed by atoms with van der Waals surface area (Å²) in [7, 11) is 0. The molecule has 3 aromatic heterocycles. The van der Waals surface area contributed by atoms with E-state index in [-0.39, 0.29) is 17.0 Å². The molecule has 0 aliphatic carbocycles. The number of likely N-dealkylation sites (tertiary alicyclic amines) is 1. The molecule has 1 amide bonds. The van der Waals surface area contributed by atoms with Gasteiger partial charge in [0.2, 0.25) is 11.8 Å².